The number of amides is 5. The lowest BCUT2D eigenvalue weighted by atomic mass is 10.0. The zero-order valence-electron chi connectivity index (χ0n) is 14.1. The normalized spacial score (nSPS) is 19.3. The van der Waals surface area contributed by atoms with Crippen LogP contribution in [0.2, 0.25) is 0 Å². The van der Waals surface area contributed by atoms with Crippen LogP contribution in [0.5, 0.6) is 0 Å². The summed E-state index contributed by atoms with van der Waals surface area (Å²) in [4.78, 5) is 61.7. The van der Waals surface area contributed by atoms with E-state index in [1.165, 1.54) is 12.1 Å². The van der Waals surface area contributed by atoms with Crippen LogP contribution in [0.4, 0.5) is 5.69 Å². The SMILES string of the molecule is C=C(C)CC(=O)Nc1cccc2c1C(=O)N(C1CCC(=O)NC1=O)C2=O. The van der Waals surface area contributed by atoms with Gasteiger partial charge in [0.25, 0.3) is 11.8 Å². The molecule has 0 radical (unpaired) electrons. The summed E-state index contributed by atoms with van der Waals surface area (Å²) in [6.07, 6.45) is 0.210. The van der Waals surface area contributed by atoms with Gasteiger partial charge in [-0.1, -0.05) is 18.2 Å². The molecule has 26 heavy (non-hydrogen) atoms. The van der Waals surface area contributed by atoms with Crippen LogP contribution >= 0.6 is 0 Å². The Morgan fingerprint density at radius 1 is 1.27 bits per heavy atom. The van der Waals surface area contributed by atoms with Crippen LogP contribution in [0.25, 0.3) is 0 Å². The minimum Gasteiger partial charge on any atom is -0.325 e. The molecular formula is C18H17N3O5. The van der Waals surface area contributed by atoms with Crippen molar-refractivity contribution in [2.45, 2.75) is 32.2 Å². The van der Waals surface area contributed by atoms with Crippen molar-refractivity contribution in [3.63, 3.8) is 0 Å². The number of hydrogen-bond donors (Lipinski definition) is 2. The number of nitrogens with zero attached hydrogens (tertiary/aromatic N) is 1. The Morgan fingerprint density at radius 2 is 2.00 bits per heavy atom. The highest BCUT2D eigenvalue weighted by Gasteiger charge is 2.45. The van der Waals surface area contributed by atoms with Crippen LogP contribution in [-0.4, -0.2) is 40.5 Å². The van der Waals surface area contributed by atoms with E-state index in [4.69, 9.17) is 0 Å². The molecule has 0 aliphatic carbocycles. The third-order valence-corrected chi connectivity index (χ3v) is 4.20. The van der Waals surface area contributed by atoms with Gasteiger partial charge in [-0.2, -0.15) is 0 Å². The third-order valence-electron chi connectivity index (χ3n) is 4.20. The first-order valence-corrected chi connectivity index (χ1v) is 8.08. The van der Waals surface area contributed by atoms with Gasteiger partial charge in [-0.15, -0.1) is 0 Å². The maximum atomic E-state index is 12.8. The lowest BCUT2D eigenvalue weighted by Crippen LogP contribution is -2.54. The quantitative estimate of drug-likeness (QED) is 0.618. The second-order valence-electron chi connectivity index (χ2n) is 6.36. The summed E-state index contributed by atoms with van der Waals surface area (Å²) in [6.45, 7) is 5.36. The van der Waals surface area contributed by atoms with E-state index in [0.29, 0.717) is 5.57 Å². The van der Waals surface area contributed by atoms with Gasteiger partial charge in [-0.25, -0.2) is 0 Å². The molecule has 8 nitrogen and oxygen atoms in total. The molecule has 1 aromatic carbocycles. The molecule has 0 spiro atoms. The fourth-order valence-corrected chi connectivity index (χ4v) is 3.09. The Morgan fingerprint density at radius 3 is 2.65 bits per heavy atom. The molecule has 0 aromatic heterocycles. The Labute approximate surface area is 149 Å². The van der Waals surface area contributed by atoms with Crippen LogP contribution in [-0.2, 0) is 14.4 Å². The number of carbonyl (C=O) groups excluding carboxylic acids is 5. The highest BCUT2D eigenvalue weighted by atomic mass is 16.2. The van der Waals surface area contributed by atoms with Gasteiger partial charge in [0.15, 0.2) is 0 Å². The maximum Gasteiger partial charge on any atom is 0.264 e. The van der Waals surface area contributed by atoms with Crippen molar-refractivity contribution in [3.05, 3.63) is 41.5 Å². The number of nitrogens with one attached hydrogen (secondary N) is 2. The molecule has 1 aromatic rings. The van der Waals surface area contributed by atoms with E-state index in [0.717, 1.165) is 4.90 Å². The molecule has 2 aliphatic rings. The minimum atomic E-state index is -1.04. The fourth-order valence-electron chi connectivity index (χ4n) is 3.09. The zero-order chi connectivity index (χ0) is 19.0. The Bertz CT molecular complexity index is 874. The lowest BCUT2D eigenvalue weighted by Gasteiger charge is -2.27. The summed E-state index contributed by atoms with van der Waals surface area (Å²) in [5, 5.41) is 4.75. The maximum absolute atomic E-state index is 12.8. The van der Waals surface area contributed by atoms with E-state index in [9.17, 15) is 24.0 Å². The van der Waals surface area contributed by atoms with Crippen LogP contribution < -0.4 is 10.6 Å². The topological polar surface area (TPSA) is 113 Å². The summed E-state index contributed by atoms with van der Waals surface area (Å²) >= 11 is 0. The number of anilines is 1. The number of rotatable bonds is 4. The summed E-state index contributed by atoms with van der Waals surface area (Å²) in [5.74, 6) is -2.74. The number of fused-ring (bicyclic) bond motifs is 1. The Balaban J connectivity index is 1.91. The summed E-state index contributed by atoms with van der Waals surface area (Å²) in [5.41, 5.74) is 1.04. The van der Waals surface area contributed by atoms with Crippen molar-refractivity contribution in [1.82, 2.24) is 10.2 Å². The van der Waals surface area contributed by atoms with E-state index >= 15 is 0 Å². The highest BCUT2D eigenvalue weighted by Crippen LogP contribution is 2.32. The van der Waals surface area contributed by atoms with Crippen molar-refractivity contribution in [1.29, 1.82) is 0 Å². The predicted octanol–water partition coefficient (Wildman–Crippen LogP) is 0.992. The van der Waals surface area contributed by atoms with Crippen LogP contribution in [0.3, 0.4) is 0 Å². The standard InChI is InChI=1S/C18H17N3O5/c1-9(2)8-14(23)19-11-5-3-4-10-15(11)18(26)21(17(10)25)12-6-7-13(22)20-16(12)24/h3-5,12H,1,6-8H2,2H3,(H,19,23)(H,20,22,24). The van der Waals surface area contributed by atoms with Crippen LogP contribution in [0.15, 0.2) is 30.4 Å². The van der Waals surface area contributed by atoms with Crippen LogP contribution in [0, 0.1) is 0 Å². The number of carbonyl (C=O) groups is 5. The smallest absolute Gasteiger partial charge is 0.264 e. The summed E-state index contributed by atoms with van der Waals surface area (Å²) in [7, 11) is 0. The zero-order valence-corrected chi connectivity index (χ0v) is 14.1. The average Bonchev–Trinajstić information content (AvgIpc) is 2.79. The van der Waals surface area contributed by atoms with Crippen molar-refractivity contribution in [2.24, 2.45) is 0 Å². The van der Waals surface area contributed by atoms with Gasteiger partial charge in [-0.3, -0.25) is 34.2 Å². The van der Waals surface area contributed by atoms with Crippen molar-refractivity contribution < 1.29 is 24.0 Å². The highest BCUT2D eigenvalue weighted by molar-refractivity contribution is 6.26. The number of hydrogen-bond acceptors (Lipinski definition) is 5. The molecule has 0 bridgehead atoms. The molecule has 134 valence electrons. The lowest BCUT2D eigenvalue weighted by molar-refractivity contribution is -0.136. The summed E-state index contributed by atoms with van der Waals surface area (Å²) in [6, 6.07) is 3.50. The molecule has 2 N–H and O–H groups in total. The van der Waals surface area contributed by atoms with Gasteiger partial charge in [0.05, 0.1) is 16.8 Å². The number of piperidine rings is 1. The molecule has 1 unspecified atom stereocenters. The average molecular weight is 355 g/mol. The van der Waals surface area contributed by atoms with Crippen molar-refractivity contribution in [3.8, 4) is 0 Å². The van der Waals surface area contributed by atoms with E-state index in [1.807, 2.05) is 0 Å². The Kier molecular flexibility index (Phi) is 4.41. The first-order valence-electron chi connectivity index (χ1n) is 8.08. The second kappa shape index (κ2) is 6.55. The molecule has 2 heterocycles. The van der Waals surface area contributed by atoms with E-state index in [2.05, 4.69) is 17.2 Å². The molecule has 3 rings (SSSR count). The van der Waals surface area contributed by atoms with Gasteiger partial charge >= 0.3 is 0 Å². The van der Waals surface area contributed by atoms with Gasteiger partial charge in [0.2, 0.25) is 17.7 Å². The third kappa shape index (κ3) is 3.01. The summed E-state index contributed by atoms with van der Waals surface area (Å²) < 4.78 is 0. The fraction of sp³-hybridized carbons (Fsp3) is 0.278. The van der Waals surface area contributed by atoms with Gasteiger partial charge in [0, 0.05) is 12.8 Å². The Hall–Kier alpha value is -3.29. The molecule has 5 amide bonds. The molecular weight excluding hydrogens is 338 g/mol. The molecule has 1 atom stereocenters. The molecule has 0 saturated carbocycles. The molecule has 1 fully saturated rings. The van der Waals surface area contributed by atoms with Crippen molar-refractivity contribution in [2.75, 3.05) is 5.32 Å². The first kappa shape index (κ1) is 17.5. The minimum absolute atomic E-state index is 0.0476. The van der Waals surface area contributed by atoms with Gasteiger partial charge < -0.3 is 5.32 Å². The molecule has 1 saturated heterocycles. The van der Waals surface area contributed by atoms with E-state index in [1.54, 1.807) is 13.0 Å². The number of imide groups is 2. The molecule has 2 aliphatic heterocycles. The van der Waals surface area contributed by atoms with Crippen LogP contribution in [0.1, 0.15) is 46.9 Å². The first-order chi connectivity index (χ1) is 12.3. The molecule has 8 heteroatoms. The van der Waals surface area contributed by atoms with Crippen molar-refractivity contribution >= 4 is 35.2 Å². The monoisotopic (exact) mass is 355 g/mol. The van der Waals surface area contributed by atoms with E-state index in [-0.39, 0.29) is 42.0 Å². The second-order valence-corrected chi connectivity index (χ2v) is 6.36. The number of benzene rings is 1. The largest absolute Gasteiger partial charge is 0.325 e. The van der Waals surface area contributed by atoms with E-state index < -0.39 is 29.7 Å². The predicted molar refractivity (Wildman–Crippen MR) is 91.2 cm³/mol. The van der Waals surface area contributed by atoms with Gasteiger partial charge in [0.1, 0.15) is 6.04 Å². The van der Waals surface area contributed by atoms with Gasteiger partial charge in [-0.05, 0) is 25.5 Å².